The Labute approximate surface area is 113 Å². The smallest absolute Gasteiger partial charge is 0.337 e. The maximum Gasteiger partial charge on any atom is 0.337 e. The molecular formula is C10H8Cl2O5S. The lowest BCUT2D eigenvalue weighted by Gasteiger charge is -2.12. The summed E-state index contributed by atoms with van der Waals surface area (Å²) in [4.78, 5) is 21.9. The Hall–Kier alpha value is -1.11. The Balaban J connectivity index is 3.93. The van der Waals surface area contributed by atoms with E-state index in [4.69, 9.17) is 28.3 Å². The molecule has 0 fully saturated rings. The van der Waals surface area contributed by atoms with E-state index in [0.29, 0.717) is 0 Å². The van der Waals surface area contributed by atoms with Crippen molar-refractivity contribution in [3.05, 3.63) is 27.8 Å². The first kappa shape index (κ1) is 14.9. The van der Waals surface area contributed by atoms with Crippen molar-refractivity contribution in [2.45, 2.75) is 11.8 Å². The molecular weight excluding hydrogens is 303 g/mol. The third-order valence-corrected chi connectivity index (χ3v) is 4.05. The van der Waals surface area contributed by atoms with Crippen molar-refractivity contribution in [2.24, 2.45) is 0 Å². The van der Waals surface area contributed by atoms with Crippen molar-refractivity contribution in [2.75, 3.05) is 6.26 Å². The van der Waals surface area contributed by atoms with Crippen molar-refractivity contribution >= 4 is 44.3 Å². The number of sulfone groups is 1. The number of carboxylic acid groups (broad SMARTS) is 1. The van der Waals surface area contributed by atoms with Gasteiger partial charge in [0.05, 0.1) is 21.0 Å². The summed E-state index contributed by atoms with van der Waals surface area (Å²) in [5, 5.41) is 7.30. The van der Waals surface area contributed by atoms with Crippen LogP contribution in [0.2, 0.25) is 5.02 Å². The Bertz CT molecular complexity index is 649. The van der Waals surface area contributed by atoms with E-state index in [9.17, 15) is 18.0 Å². The standard InChI is InChI=1S/C10H8Cl2O5S/c1-4-3-5(10(14)15)7(11)6(9(12)13)8(4)18(2,16)17/h3H,1-2H3,(H,14,15). The summed E-state index contributed by atoms with van der Waals surface area (Å²) in [6, 6.07) is 1.09. The summed E-state index contributed by atoms with van der Waals surface area (Å²) in [5.41, 5.74) is -0.771. The van der Waals surface area contributed by atoms with E-state index in [1.807, 2.05) is 0 Å². The Morgan fingerprint density at radius 1 is 1.33 bits per heavy atom. The predicted octanol–water partition coefficient (Wildman–Crippen LogP) is 2.13. The number of carboxylic acids is 1. The molecule has 1 aromatic rings. The zero-order valence-corrected chi connectivity index (χ0v) is 11.7. The van der Waals surface area contributed by atoms with Gasteiger partial charge in [-0.1, -0.05) is 11.6 Å². The zero-order chi connectivity index (χ0) is 14.2. The molecule has 0 heterocycles. The van der Waals surface area contributed by atoms with Gasteiger partial charge in [0.25, 0.3) is 5.24 Å². The molecule has 1 aromatic carbocycles. The van der Waals surface area contributed by atoms with Crippen molar-refractivity contribution in [3.8, 4) is 0 Å². The molecule has 0 radical (unpaired) electrons. The second-order valence-electron chi connectivity index (χ2n) is 3.61. The number of benzene rings is 1. The zero-order valence-electron chi connectivity index (χ0n) is 9.32. The van der Waals surface area contributed by atoms with E-state index in [2.05, 4.69) is 0 Å². The molecule has 98 valence electrons. The molecule has 5 nitrogen and oxygen atoms in total. The highest BCUT2D eigenvalue weighted by molar-refractivity contribution is 7.90. The molecule has 0 bridgehead atoms. The number of hydrogen-bond donors (Lipinski definition) is 1. The molecule has 0 saturated heterocycles. The highest BCUT2D eigenvalue weighted by atomic mass is 35.5. The molecule has 0 aliphatic heterocycles. The fourth-order valence-corrected chi connectivity index (χ4v) is 3.46. The maximum absolute atomic E-state index is 11.6. The number of rotatable bonds is 3. The van der Waals surface area contributed by atoms with Crippen LogP contribution in [-0.4, -0.2) is 31.0 Å². The molecule has 0 unspecified atom stereocenters. The third kappa shape index (κ3) is 2.66. The molecule has 0 aliphatic rings. The Kier molecular flexibility index (Phi) is 4.05. The van der Waals surface area contributed by atoms with Gasteiger partial charge in [-0.3, -0.25) is 4.79 Å². The van der Waals surface area contributed by atoms with Gasteiger partial charge >= 0.3 is 5.97 Å². The van der Waals surface area contributed by atoms with E-state index in [1.54, 1.807) is 0 Å². The summed E-state index contributed by atoms with van der Waals surface area (Å²) < 4.78 is 23.2. The molecule has 1 N–H and O–H groups in total. The van der Waals surface area contributed by atoms with Crippen LogP contribution in [0.25, 0.3) is 0 Å². The molecule has 18 heavy (non-hydrogen) atoms. The van der Waals surface area contributed by atoms with Gasteiger partial charge in [-0.15, -0.1) is 0 Å². The lowest BCUT2D eigenvalue weighted by Crippen LogP contribution is -2.12. The fraction of sp³-hybridized carbons (Fsp3) is 0.200. The van der Waals surface area contributed by atoms with Crippen LogP contribution in [0.5, 0.6) is 0 Å². The van der Waals surface area contributed by atoms with Crippen molar-refractivity contribution in [1.29, 1.82) is 0 Å². The monoisotopic (exact) mass is 310 g/mol. The van der Waals surface area contributed by atoms with Gasteiger partial charge in [-0.2, -0.15) is 0 Å². The average molecular weight is 311 g/mol. The topological polar surface area (TPSA) is 88.5 Å². The van der Waals surface area contributed by atoms with E-state index in [-0.39, 0.29) is 16.0 Å². The Morgan fingerprint density at radius 3 is 2.17 bits per heavy atom. The largest absolute Gasteiger partial charge is 0.478 e. The first-order valence-electron chi connectivity index (χ1n) is 4.53. The number of carbonyl (C=O) groups excluding carboxylic acids is 1. The van der Waals surface area contributed by atoms with Gasteiger partial charge < -0.3 is 5.11 Å². The van der Waals surface area contributed by atoms with Gasteiger partial charge in [0, 0.05) is 6.26 Å². The number of carbonyl (C=O) groups is 2. The van der Waals surface area contributed by atoms with Crippen LogP contribution in [0.15, 0.2) is 11.0 Å². The van der Waals surface area contributed by atoms with Gasteiger partial charge in [0.15, 0.2) is 9.84 Å². The van der Waals surface area contributed by atoms with Crippen molar-refractivity contribution in [1.82, 2.24) is 0 Å². The minimum atomic E-state index is -3.76. The second kappa shape index (κ2) is 4.87. The quantitative estimate of drug-likeness (QED) is 0.864. The van der Waals surface area contributed by atoms with Crippen molar-refractivity contribution in [3.63, 3.8) is 0 Å². The molecule has 8 heteroatoms. The lowest BCUT2D eigenvalue weighted by molar-refractivity contribution is 0.0697. The molecule has 0 spiro atoms. The van der Waals surface area contributed by atoms with Crippen molar-refractivity contribution < 1.29 is 23.1 Å². The third-order valence-electron chi connectivity index (χ3n) is 2.20. The van der Waals surface area contributed by atoms with Gasteiger partial charge in [-0.25, -0.2) is 13.2 Å². The summed E-state index contributed by atoms with van der Waals surface area (Å²) in [5.74, 6) is -1.37. The van der Waals surface area contributed by atoms with E-state index < -0.39 is 31.6 Å². The van der Waals surface area contributed by atoms with Crippen LogP contribution >= 0.6 is 23.2 Å². The van der Waals surface area contributed by atoms with Crippen LogP contribution in [0.3, 0.4) is 0 Å². The highest BCUT2D eigenvalue weighted by Crippen LogP contribution is 2.32. The molecule has 0 amide bonds. The number of hydrogen-bond acceptors (Lipinski definition) is 4. The predicted molar refractivity (Wildman–Crippen MR) is 66.4 cm³/mol. The molecule has 1 rings (SSSR count). The van der Waals surface area contributed by atoms with Crippen LogP contribution < -0.4 is 0 Å². The van der Waals surface area contributed by atoms with Crippen LogP contribution in [0.1, 0.15) is 26.3 Å². The fourth-order valence-electron chi connectivity index (χ4n) is 1.59. The first-order chi connectivity index (χ1) is 8.07. The lowest BCUT2D eigenvalue weighted by atomic mass is 10.1. The second-order valence-corrected chi connectivity index (χ2v) is 6.28. The van der Waals surface area contributed by atoms with Crippen LogP contribution in [-0.2, 0) is 9.84 Å². The van der Waals surface area contributed by atoms with Gasteiger partial charge in [0.1, 0.15) is 0 Å². The number of aryl methyl sites for hydroxylation is 1. The van der Waals surface area contributed by atoms with Gasteiger partial charge in [-0.05, 0) is 30.2 Å². The highest BCUT2D eigenvalue weighted by Gasteiger charge is 2.27. The van der Waals surface area contributed by atoms with Crippen LogP contribution in [0.4, 0.5) is 0 Å². The first-order valence-corrected chi connectivity index (χ1v) is 7.18. The minimum absolute atomic E-state index is 0.100. The Morgan fingerprint density at radius 2 is 1.83 bits per heavy atom. The van der Waals surface area contributed by atoms with E-state index in [1.165, 1.54) is 6.92 Å². The SMILES string of the molecule is Cc1cc(C(=O)O)c(Cl)c(C(=O)Cl)c1S(C)(=O)=O. The molecule has 0 atom stereocenters. The normalized spacial score (nSPS) is 11.3. The van der Waals surface area contributed by atoms with E-state index in [0.717, 1.165) is 12.3 Å². The summed E-state index contributed by atoms with van der Waals surface area (Å²) in [7, 11) is -3.76. The van der Waals surface area contributed by atoms with E-state index >= 15 is 0 Å². The molecule has 0 aromatic heterocycles. The van der Waals surface area contributed by atoms with Gasteiger partial charge in [0.2, 0.25) is 0 Å². The molecule has 0 saturated carbocycles. The average Bonchev–Trinajstić information content (AvgIpc) is 2.17. The number of aromatic carboxylic acids is 1. The summed E-state index contributed by atoms with van der Waals surface area (Å²) >= 11 is 11.0. The summed E-state index contributed by atoms with van der Waals surface area (Å²) in [6.45, 7) is 1.36. The van der Waals surface area contributed by atoms with Crippen LogP contribution in [0, 0.1) is 6.92 Å². The maximum atomic E-state index is 11.6. The molecule has 0 aliphatic carbocycles. The number of halogens is 2. The minimum Gasteiger partial charge on any atom is -0.478 e. The summed E-state index contributed by atoms with van der Waals surface area (Å²) in [6.07, 6.45) is 0.884.